The van der Waals surface area contributed by atoms with Crippen LogP contribution in [0.15, 0.2) is 28.8 Å². The first-order chi connectivity index (χ1) is 13.9. The molecule has 10 nitrogen and oxygen atoms in total. The minimum atomic E-state index is -3.16. The van der Waals surface area contributed by atoms with Gasteiger partial charge in [-0.3, -0.25) is 9.89 Å². The normalized spacial score (nSPS) is 16.3. The third kappa shape index (κ3) is 4.30. The Hall–Kier alpha value is -2.79. The number of hydrogen-bond acceptors (Lipinski definition) is 7. The smallest absolute Gasteiger partial charge is 0.272 e. The SMILES string of the molecule is CS(=O)(=O)N1CCC(c2noc(CCNC(=O)c3n[nH]c4ccccc34)n2)CC1. The summed E-state index contributed by atoms with van der Waals surface area (Å²) < 4.78 is 30.0. The molecule has 1 aliphatic heterocycles. The van der Waals surface area contributed by atoms with E-state index in [4.69, 9.17) is 4.52 Å². The molecule has 0 aliphatic carbocycles. The first-order valence-electron chi connectivity index (χ1n) is 9.41. The molecule has 4 rings (SSSR count). The molecule has 0 bridgehead atoms. The van der Waals surface area contributed by atoms with Crippen LogP contribution in [0.25, 0.3) is 10.9 Å². The van der Waals surface area contributed by atoms with Crippen LogP contribution >= 0.6 is 0 Å². The zero-order valence-corrected chi connectivity index (χ0v) is 16.8. The van der Waals surface area contributed by atoms with E-state index < -0.39 is 10.0 Å². The second-order valence-electron chi connectivity index (χ2n) is 7.11. The Labute approximate surface area is 167 Å². The van der Waals surface area contributed by atoms with Gasteiger partial charge in [0.1, 0.15) is 0 Å². The number of aromatic amines is 1. The molecule has 1 aromatic carbocycles. The van der Waals surface area contributed by atoms with Gasteiger partial charge in [-0.05, 0) is 18.9 Å². The van der Waals surface area contributed by atoms with Gasteiger partial charge < -0.3 is 9.84 Å². The van der Waals surface area contributed by atoms with Crippen molar-refractivity contribution in [3.05, 3.63) is 41.7 Å². The molecule has 1 aliphatic rings. The van der Waals surface area contributed by atoms with Crippen molar-refractivity contribution in [2.75, 3.05) is 25.9 Å². The maximum Gasteiger partial charge on any atom is 0.272 e. The van der Waals surface area contributed by atoms with E-state index >= 15 is 0 Å². The summed E-state index contributed by atoms with van der Waals surface area (Å²) in [4.78, 5) is 16.8. The number of benzene rings is 1. The number of sulfonamides is 1. The summed E-state index contributed by atoms with van der Waals surface area (Å²) in [5, 5.41) is 14.5. The summed E-state index contributed by atoms with van der Waals surface area (Å²) in [5.41, 5.74) is 1.16. The van der Waals surface area contributed by atoms with Crippen LogP contribution in [0.3, 0.4) is 0 Å². The van der Waals surface area contributed by atoms with Crippen molar-refractivity contribution < 1.29 is 17.7 Å². The van der Waals surface area contributed by atoms with E-state index in [1.54, 1.807) is 0 Å². The lowest BCUT2D eigenvalue weighted by atomic mass is 9.97. The lowest BCUT2D eigenvalue weighted by Crippen LogP contribution is -2.37. The van der Waals surface area contributed by atoms with Crippen molar-refractivity contribution in [3.63, 3.8) is 0 Å². The highest BCUT2D eigenvalue weighted by Crippen LogP contribution is 2.27. The number of fused-ring (bicyclic) bond motifs is 1. The van der Waals surface area contributed by atoms with Crippen LogP contribution < -0.4 is 5.32 Å². The average Bonchev–Trinajstić information content (AvgIpc) is 3.34. The van der Waals surface area contributed by atoms with E-state index in [0.717, 1.165) is 10.9 Å². The predicted molar refractivity (Wildman–Crippen MR) is 105 cm³/mol. The second kappa shape index (κ2) is 7.91. The number of hydrogen-bond donors (Lipinski definition) is 2. The summed E-state index contributed by atoms with van der Waals surface area (Å²) in [6.45, 7) is 1.26. The molecule has 0 spiro atoms. The third-order valence-corrected chi connectivity index (χ3v) is 6.38. The molecule has 0 unspecified atom stereocenters. The van der Waals surface area contributed by atoms with Crippen molar-refractivity contribution in [1.29, 1.82) is 0 Å². The fourth-order valence-corrected chi connectivity index (χ4v) is 4.36. The van der Waals surface area contributed by atoms with Gasteiger partial charge in [-0.2, -0.15) is 10.1 Å². The van der Waals surface area contributed by atoms with Crippen LogP contribution in [0.2, 0.25) is 0 Å². The summed E-state index contributed by atoms with van der Waals surface area (Å²) in [6, 6.07) is 7.43. The highest BCUT2D eigenvalue weighted by molar-refractivity contribution is 7.88. The summed E-state index contributed by atoms with van der Waals surface area (Å²) in [7, 11) is -3.16. The van der Waals surface area contributed by atoms with Crippen molar-refractivity contribution >= 4 is 26.8 Å². The second-order valence-corrected chi connectivity index (χ2v) is 9.09. The van der Waals surface area contributed by atoms with Gasteiger partial charge in [-0.25, -0.2) is 12.7 Å². The fraction of sp³-hybridized carbons (Fsp3) is 0.444. The Kier molecular flexibility index (Phi) is 5.33. The third-order valence-electron chi connectivity index (χ3n) is 5.08. The summed E-state index contributed by atoms with van der Waals surface area (Å²) in [5.74, 6) is 0.848. The molecule has 1 amide bonds. The minimum Gasteiger partial charge on any atom is -0.350 e. The highest BCUT2D eigenvalue weighted by atomic mass is 32.2. The van der Waals surface area contributed by atoms with Gasteiger partial charge in [0.2, 0.25) is 15.9 Å². The number of nitrogens with zero attached hydrogens (tertiary/aromatic N) is 4. The first-order valence-corrected chi connectivity index (χ1v) is 11.3. The predicted octanol–water partition coefficient (Wildman–Crippen LogP) is 1.06. The Balaban J connectivity index is 1.29. The van der Waals surface area contributed by atoms with Crippen LogP contribution in [0.4, 0.5) is 0 Å². The van der Waals surface area contributed by atoms with Gasteiger partial charge in [0.05, 0.1) is 11.8 Å². The lowest BCUT2D eigenvalue weighted by molar-refractivity contribution is 0.0950. The fourth-order valence-electron chi connectivity index (χ4n) is 3.48. The number of amides is 1. The van der Waals surface area contributed by atoms with E-state index in [9.17, 15) is 13.2 Å². The van der Waals surface area contributed by atoms with Crippen LogP contribution in [0, 0.1) is 0 Å². The quantitative estimate of drug-likeness (QED) is 0.611. The number of nitrogens with one attached hydrogen (secondary N) is 2. The number of carbonyl (C=O) groups is 1. The Morgan fingerprint density at radius 3 is 2.83 bits per heavy atom. The number of para-hydroxylation sites is 1. The maximum atomic E-state index is 12.4. The molecule has 3 heterocycles. The number of rotatable bonds is 6. The van der Waals surface area contributed by atoms with Gasteiger partial charge in [0.15, 0.2) is 11.5 Å². The molecular weight excluding hydrogens is 396 g/mol. The van der Waals surface area contributed by atoms with Gasteiger partial charge in [0.25, 0.3) is 5.91 Å². The molecule has 1 fully saturated rings. The van der Waals surface area contributed by atoms with Crippen molar-refractivity contribution in [2.45, 2.75) is 25.2 Å². The molecule has 11 heteroatoms. The zero-order chi connectivity index (χ0) is 20.4. The van der Waals surface area contributed by atoms with Crippen molar-refractivity contribution in [2.24, 2.45) is 0 Å². The average molecular weight is 418 g/mol. The van der Waals surface area contributed by atoms with E-state index in [1.807, 2.05) is 24.3 Å². The Morgan fingerprint density at radius 2 is 2.07 bits per heavy atom. The molecular formula is C18H22N6O4S. The number of H-pyrrole nitrogens is 1. The minimum absolute atomic E-state index is 0.0792. The van der Waals surface area contributed by atoms with E-state index in [0.29, 0.717) is 56.3 Å². The maximum absolute atomic E-state index is 12.4. The number of carbonyl (C=O) groups excluding carboxylic acids is 1. The Bertz CT molecular complexity index is 1110. The molecule has 29 heavy (non-hydrogen) atoms. The molecule has 0 saturated carbocycles. The van der Waals surface area contributed by atoms with Gasteiger partial charge in [-0.1, -0.05) is 23.4 Å². The number of aromatic nitrogens is 4. The molecule has 3 aromatic rings. The zero-order valence-electron chi connectivity index (χ0n) is 16.0. The standard InChI is InChI=1S/C18H22N6O4S/c1-29(26,27)24-10-7-12(8-11-24)17-20-15(28-23-17)6-9-19-18(25)16-13-4-2-3-5-14(13)21-22-16/h2-5,12H,6-11H2,1H3,(H,19,25)(H,21,22). The van der Waals surface area contributed by atoms with Gasteiger partial charge in [0, 0.05) is 37.4 Å². The molecule has 2 aromatic heterocycles. The van der Waals surface area contributed by atoms with Gasteiger partial charge in [-0.15, -0.1) is 0 Å². The van der Waals surface area contributed by atoms with Crippen LogP contribution in [0.5, 0.6) is 0 Å². The van der Waals surface area contributed by atoms with E-state index in [1.165, 1.54) is 10.6 Å². The molecule has 1 saturated heterocycles. The largest absolute Gasteiger partial charge is 0.350 e. The van der Waals surface area contributed by atoms with Crippen LogP contribution in [-0.4, -0.2) is 64.9 Å². The summed E-state index contributed by atoms with van der Waals surface area (Å²) in [6.07, 6.45) is 2.95. The van der Waals surface area contributed by atoms with Crippen LogP contribution in [0.1, 0.15) is 41.0 Å². The molecule has 0 atom stereocenters. The monoisotopic (exact) mass is 418 g/mol. The lowest BCUT2D eigenvalue weighted by Gasteiger charge is -2.28. The topological polar surface area (TPSA) is 134 Å². The summed E-state index contributed by atoms with van der Waals surface area (Å²) >= 11 is 0. The van der Waals surface area contributed by atoms with E-state index in [2.05, 4.69) is 25.7 Å². The van der Waals surface area contributed by atoms with Crippen molar-refractivity contribution in [1.82, 2.24) is 30.0 Å². The molecule has 154 valence electrons. The molecule has 2 N–H and O–H groups in total. The first kappa shape index (κ1) is 19.5. The Morgan fingerprint density at radius 1 is 1.31 bits per heavy atom. The molecule has 0 radical (unpaired) electrons. The van der Waals surface area contributed by atoms with E-state index in [-0.39, 0.29) is 11.8 Å². The number of piperidine rings is 1. The van der Waals surface area contributed by atoms with Crippen molar-refractivity contribution in [3.8, 4) is 0 Å². The van der Waals surface area contributed by atoms with Crippen LogP contribution in [-0.2, 0) is 16.4 Å². The van der Waals surface area contributed by atoms with Gasteiger partial charge >= 0.3 is 0 Å². The highest BCUT2D eigenvalue weighted by Gasteiger charge is 2.28.